The summed E-state index contributed by atoms with van der Waals surface area (Å²) < 4.78 is 16.5. The molecule has 1 unspecified atom stereocenters. The third-order valence-electron chi connectivity index (χ3n) is 3.76. The van der Waals surface area contributed by atoms with Crippen LogP contribution in [0.3, 0.4) is 0 Å². The zero-order valence-corrected chi connectivity index (χ0v) is 15.0. The number of nitrogens with one attached hydrogen (secondary N) is 1. The normalized spacial score (nSPS) is 11.5. The number of hydrogen-bond acceptors (Lipinski definition) is 4. The molecule has 0 fully saturated rings. The van der Waals surface area contributed by atoms with E-state index in [-0.39, 0.29) is 5.91 Å². The monoisotopic (exact) mass is 343 g/mol. The molecule has 0 aliphatic heterocycles. The predicted molar refractivity (Wildman–Crippen MR) is 97.4 cm³/mol. The third-order valence-corrected chi connectivity index (χ3v) is 3.76. The van der Waals surface area contributed by atoms with Gasteiger partial charge in [0.25, 0.3) is 5.91 Å². The van der Waals surface area contributed by atoms with E-state index in [0.29, 0.717) is 19.6 Å². The lowest BCUT2D eigenvalue weighted by molar-refractivity contribution is -0.128. The molecule has 0 aromatic heterocycles. The summed E-state index contributed by atoms with van der Waals surface area (Å²) in [7, 11) is 1.62. The summed E-state index contributed by atoms with van der Waals surface area (Å²) in [6.45, 7) is 4.69. The first-order chi connectivity index (χ1) is 12.1. The molecular weight excluding hydrogens is 318 g/mol. The Morgan fingerprint density at radius 3 is 2.40 bits per heavy atom. The van der Waals surface area contributed by atoms with Crippen molar-refractivity contribution in [3.63, 3.8) is 0 Å². The van der Waals surface area contributed by atoms with Crippen LogP contribution in [0.25, 0.3) is 0 Å². The Labute approximate surface area is 148 Å². The fraction of sp³-hybridized carbons (Fsp3) is 0.350. The number of methoxy groups -OCH3 is 1. The minimum atomic E-state index is -0.512. The van der Waals surface area contributed by atoms with Gasteiger partial charge in [-0.25, -0.2) is 0 Å². The van der Waals surface area contributed by atoms with Crippen molar-refractivity contribution in [2.45, 2.75) is 26.4 Å². The molecule has 0 heterocycles. The van der Waals surface area contributed by atoms with Gasteiger partial charge < -0.3 is 19.5 Å². The number of amides is 1. The van der Waals surface area contributed by atoms with E-state index in [1.165, 1.54) is 0 Å². The van der Waals surface area contributed by atoms with Crippen LogP contribution in [0.4, 0.5) is 0 Å². The number of aryl methyl sites for hydroxylation is 1. The highest BCUT2D eigenvalue weighted by Gasteiger charge is 2.18. The summed E-state index contributed by atoms with van der Waals surface area (Å²) in [5.41, 5.74) is 1.01. The van der Waals surface area contributed by atoms with E-state index >= 15 is 0 Å². The van der Waals surface area contributed by atoms with Crippen LogP contribution in [0.15, 0.2) is 48.5 Å². The summed E-state index contributed by atoms with van der Waals surface area (Å²) in [5, 5.41) is 2.85. The molecule has 1 N–H and O–H groups in total. The van der Waals surface area contributed by atoms with Gasteiger partial charge in [0.2, 0.25) is 0 Å². The average molecular weight is 343 g/mol. The molecule has 2 aromatic rings. The third kappa shape index (κ3) is 5.71. The van der Waals surface area contributed by atoms with E-state index in [2.05, 4.69) is 5.32 Å². The number of carbonyl (C=O) groups is 1. The minimum Gasteiger partial charge on any atom is -0.497 e. The van der Waals surface area contributed by atoms with Crippen molar-refractivity contribution in [1.29, 1.82) is 0 Å². The van der Waals surface area contributed by atoms with Crippen molar-refractivity contribution < 1.29 is 19.0 Å². The molecule has 1 atom stereocenters. The topological polar surface area (TPSA) is 56.8 Å². The highest BCUT2D eigenvalue weighted by molar-refractivity contribution is 5.81. The quantitative estimate of drug-likeness (QED) is 0.710. The molecule has 0 saturated carbocycles. The van der Waals surface area contributed by atoms with Crippen molar-refractivity contribution in [2.24, 2.45) is 0 Å². The van der Waals surface area contributed by atoms with Gasteiger partial charge >= 0.3 is 0 Å². The maximum atomic E-state index is 12.3. The Bertz CT molecular complexity index is 670. The van der Waals surface area contributed by atoms with Crippen LogP contribution in [-0.2, 0) is 4.79 Å². The lowest BCUT2D eigenvalue weighted by Gasteiger charge is -2.18. The van der Waals surface area contributed by atoms with Gasteiger partial charge in [-0.05, 0) is 49.2 Å². The van der Waals surface area contributed by atoms with E-state index in [1.807, 2.05) is 62.4 Å². The van der Waals surface area contributed by atoms with Gasteiger partial charge in [-0.2, -0.15) is 0 Å². The van der Waals surface area contributed by atoms with Crippen molar-refractivity contribution in [1.82, 2.24) is 5.32 Å². The number of benzene rings is 2. The van der Waals surface area contributed by atoms with E-state index in [9.17, 15) is 4.79 Å². The van der Waals surface area contributed by atoms with Crippen LogP contribution in [-0.4, -0.2) is 32.3 Å². The van der Waals surface area contributed by atoms with Crippen LogP contribution in [0.1, 0.15) is 18.9 Å². The van der Waals surface area contributed by atoms with Crippen molar-refractivity contribution in [2.75, 3.05) is 20.3 Å². The standard InChI is InChI=1S/C20H25NO4/c1-4-18(25-19-8-6-5-7-15(19)2)20(22)21-13-14-24-17-11-9-16(23-3)10-12-17/h5-12,18H,4,13-14H2,1-3H3,(H,21,22). The lowest BCUT2D eigenvalue weighted by atomic mass is 10.2. The predicted octanol–water partition coefficient (Wildman–Crippen LogP) is 3.36. The molecular formula is C20H25NO4. The van der Waals surface area contributed by atoms with Gasteiger partial charge in [-0.3, -0.25) is 4.79 Å². The number of rotatable bonds is 9. The molecule has 25 heavy (non-hydrogen) atoms. The summed E-state index contributed by atoms with van der Waals surface area (Å²) in [6.07, 6.45) is 0.0848. The maximum absolute atomic E-state index is 12.3. The molecule has 134 valence electrons. The smallest absolute Gasteiger partial charge is 0.261 e. The molecule has 0 radical (unpaired) electrons. The first kappa shape index (κ1) is 18.6. The molecule has 0 aliphatic carbocycles. The lowest BCUT2D eigenvalue weighted by Crippen LogP contribution is -2.39. The van der Waals surface area contributed by atoms with Gasteiger partial charge in [-0.1, -0.05) is 25.1 Å². The number of hydrogen-bond donors (Lipinski definition) is 1. The summed E-state index contributed by atoms with van der Waals surface area (Å²) >= 11 is 0. The highest BCUT2D eigenvalue weighted by atomic mass is 16.5. The molecule has 2 rings (SSSR count). The fourth-order valence-corrected chi connectivity index (χ4v) is 2.29. The summed E-state index contributed by atoms with van der Waals surface area (Å²) in [5.74, 6) is 2.11. The zero-order chi connectivity index (χ0) is 18.1. The second-order valence-corrected chi connectivity index (χ2v) is 5.60. The van der Waals surface area contributed by atoms with E-state index in [0.717, 1.165) is 22.8 Å². The molecule has 0 aliphatic rings. The Balaban J connectivity index is 1.76. The van der Waals surface area contributed by atoms with Crippen LogP contribution in [0.5, 0.6) is 17.2 Å². The SMILES string of the molecule is CCC(Oc1ccccc1C)C(=O)NCCOc1ccc(OC)cc1. The average Bonchev–Trinajstić information content (AvgIpc) is 2.65. The molecule has 0 bridgehead atoms. The van der Waals surface area contributed by atoms with E-state index < -0.39 is 6.10 Å². The fourth-order valence-electron chi connectivity index (χ4n) is 2.29. The molecule has 0 saturated heterocycles. The van der Waals surface area contributed by atoms with Crippen LogP contribution in [0, 0.1) is 6.92 Å². The van der Waals surface area contributed by atoms with Crippen molar-refractivity contribution in [3.8, 4) is 17.2 Å². The van der Waals surface area contributed by atoms with Gasteiger partial charge in [-0.15, -0.1) is 0 Å². The minimum absolute atomic E-state index is 0.135. The van der Waals surface area contributed by atoms with Gasteiger partial charge in [0.15, 0.2) is 6.10 Å². The van der Waals surface area contributed by atoms with Gasteiger partial charge in [0.1, 0.15) is 23.9 Å². The first-order valence-corrected chi connectivity index (χ1v) is 8.41. The van der Waals surface area contributed by atoms with Crippen molar-refractivity contribution >= 4 is 5.91 Å². The van der Waals surface area contributed by atoms with Crippen LogP contribution < -0.4 is 19.5 Å². The molecule has 5 nitrogen and oxygen atoms in total. The highest BCUT2D eigenvalue weighted by Crippen LogP contribution is 2.19. The number of ether oxygens (including phenoxy) is 3. The number of para-hydroxylation sites is 1. The Hall–Kier alpha value is -2.69. The summed E-state index contributed by atoms with van der Waals surface area (Å²) in [6, 6.07) is 15.0. The largest absolute Gasteiger partial charge is 0.497 e. The molecule has 0 spiro atoms. The zero-order valence-electron chi connectivity index (χ0n) is 15.0. The first-order valence-electron chi connectivity index (χ1n) is 8.41. The number of carbonyl (C=O) groups excluding carboxylic acids is 1. The Morgan fingerprint density at radius 2 is 1.76 bits per heavy atom. The molecule has 2 aromatic carbocycles. The van der Waals surface area contributed by atoms with Gasteiger partial charge in [0, 0.05) is 0 Å². The second-order valence-electron chi connectivity index (χ2n) is 5.60. The van der Waals surface area contributed by atoms with Crippen molar-refractivity contribution in [3.05, 3.63) is 54.1 Å². The van der Waals surface area contributed by atoms with E-state index in [1.54, 1.807) is 7.11 Å². The second kappa shape index (κ2) is 9.57. The maximum Gasteiger partial charge on any atom is 0.261 e. The Kier molecular flexibility index (Phi) is 7.14. The van der Waals surface area contributed by atoms with Crippen LogP contribution in [0.2, 0.25) is 0 Å². The van der Waals surface area contributed by atoms with Crippen LogP contribution >= 0.6 is 0 Å². The molecule has 1 amide bonds. The Morgan fingerprint density at radius 1 is 1.08 bits per heavy atom. The molecule has 5 heteroatoms. The van der Waals surface area contributed by atoms with E-state index in [4.69, 9.17) is 14.2 Å². The van der Waals surface area contributed by atoms with Gasteiger partial charge in [0.05, 0.1) is 13.7 Å². The summed E-state index contributed by atoms with van der Waals surface area (Å²) in [4.78, 5) is 12.3.